The Morgan fingerprint density at radius 3 is 2.50 bits per heavy atom. The summed E-state index contributed by atoms with van der Waals surface area (Å²) >= 11 is 3.30. The lowest BCUT2D eigenvalue weighted by Gasteiger charge is -2.25. The van der Waals surface area contributed by atoms with Crippen molar-refractivity contribution in [3.63, 3.8) is 0 Å². The summed E-state index contributed by atoms with van der Waals surface area (Å²) in [6.07, 6.45) is 0. The molecule has 0 saturated carbocycles. The number of carbonyl (C=O) groups is 2. The normalized spacial score (nSPS) is 11.9. The third-order valence-electron chi connectivity index (χ3n) is 3.85. The summed E-state index contributed by atoms with van der Waals surface area (Å²) in [5.41, 5.74) is 1.24. The minimum absolute atomic E-state index is 0.130. The second kappa shape index (κ2) is 9.45. The molecule has 1 unspecified atom stereocenters. The van der Waals surface area contributed by atoms with Gasteiger partial charge in [0.25, 0.3) is 5.91 Å². The zero-order valence-corrected chi connectivity index (χ0v) is 16.2. The van der Waals surface area contributed by atoms with Gasteiger partial charge in [0.05, 0.1) is 12.6 Å². The van der Waals surface area contributed by atoms with Gasteiger partial charge in [-0.3, -0.25) is 9.59 Å². The number of nitrogens with zero attached hydrogens (tertiary/aromatic N) is 1. The molecule has 2 rings (SSSR count). The molecule has 0 aliphatic carbocycles. The van der Waals surface area contributed by atoms with Crippen LogP contribution >= 0.6 is 15.9 Å². The quantitative estimate of drug-likeness (QED) is 0.722. The Morgan fingerprint density at radius 2 is 1.85 bits per heavy atom. The van der Waals surface area contributed by atoms with Crippen LogP contribution in [0.25, 0.3) is 0 Å². The maximum Gasteiger partial charge on any atom is 0.251 e. The average molecular weight is 422 g/mol. The molecule has 0 aromatic heterocycles. The highest BCUT2D eigenvalue weighted by Gasteiger charge is 2.16. The van der Waals surface area contributed by atoms with Crippen LogP contribution in [0.2, 0.25) is 0 Å². The maximum absolute atomic E-state index is 13.4. The molecule has 0 heterocycles. The number of benzene rings is 2. The summed E-state index contributed by atoms with van der Waals surface area (Å²) in [5, 5.41) is 5.36. The second-order valence-corrected chi connectivity index (χ2v) is 6.95. The molecule has 5 nitrogen and oxygen atoms in total. The number of hydrogen-bond donors (Lipinski definition) is 2. The summed E-state index contributed by atoms with van der Waals surface area (Å²) < 4.78 is 14.2. The van der Waals surface area contributed by atoms with Crippen LogP contribution in [0.1, 0.15) is 22.0 Å². The van der Waals surface area contributed by atoms with Gasteiger partial charge in [0.1, 0.15) is 5.82 Å². The van der Waals surface area contributed by atoms with Gasteiger partial charge in [0, 0.05) is 16.6 Å². The zero-order valence-electron chi connectivity index (χ0n) is 14.6. The van der Waals surface area contributed by atoms with Crippen molar-refractivity contribution in [3.05, 3.63) is 69.9 Å². The van der Waals surface area contributed by atoms with Gasteiger partial charge < -0.3 is 15.5 Å². The van der Waals surface area contributed by atoms with Crippen LogP contribution in [0, 0.1) is 5.82 Å². The van der Waals surface area contributed by atoms with Crippen molar-refractivity contribution >= 4 is 27.7 Å². The molecule has 2 N–H and O–H groups in total. The molecule has 7 heteroatoms. The van der Waals surface area contributed by atoms with E-state index >= 15 is 0 Å². The Balaban J connectivity index is 1.87. The van der Waals surface area contributed by atoms with Gasteiger partial charge in [-0.2, -0.15) is 0 Å². The molecule has 0 radical (unpaired) electrons. The van der Waals surface area contributed by atoms with Crippen molar-refractivity contribution in [1.82, 2.24) is 15.5 Å². The predicted molar refractivity (Wildman–Crippen MR) is 102 cm³/mol. The molecule has 0 aliphatic rings. The van der Waals surface area contributed by atoms with Gasteiger partial charge in [-0.25, -0.2) is 4.39 Å². The number of hydrogen-bond acceptors (Lipinski definition) is 3. The lowest BCUT2D eigenvalue weighted by molar-refractivity contribution is -0.120. The Bertz CT molecular complexity index is 783. The Kier molecular flexibility index (Phi) is 7.29. The summed E-state index contributed by atoms with van der Waals surface area (Å²) in [5.74, 6) is -0.950. The molecular formula is C19H21BrFN3O2. The topological polar surface area (TPSA) is 61.4 Å². The highest BCUT2D eigenvalue weighted by molar-refractivity contribution is 9.10. The lowest BCUT2D eigenvalue weighted by Crippen LogP contribution is -2.40. The molecule has 2 aromatic rings. The molecule has 138 valence electrons. The molecule has 2 aromatic carbocycles. The van der Waals surface area contributed by atoms with Gasteiger partial charge in [-0.15, -0.1) is 0 Å². The van der Waals surface area contributed by atoms with Crippen molar-refractivity contribution in [2.24, 2.45) is 0 Å². The van der Waals surface area contributed by atoms with E-state index in [0.717, 1.165) is 10.0 Å². The molecule has 0 aliphatic heterocycles. The van der Waals surface area contributed by atoms with Crippen LogP contribution in [0.15, 0.2) is 53.0 Å². The molecular weight excluding hydrogens is 401 g/mol. The van der Waals surface area contributed by atoms with E-state index in [0.29, 0.717) is 12.1 Å². The van der Waals surface area contributed by atoms with Crippen LogP contribution in [0.4, 0.5) is 4.39 Å². The van der Waals surface area contributed by atoms with Crippen molar-refractivity contribution < 1.29 is 14.0 Å². The summed E-state index contributed by atoms with van der Waals surface area (Å²) in [6, 6.07) is 13.0. The van der Waals surface area contributed by atoms with E-state index in [2.05, 4.69) is 26.6 Å². The van der Waals surface area contributed by atoms with Crippen LogP contribution in [0.3, 0.4) is 0 Å². The van der Waals surface area contributed by atoms with Crippen molar-refractivity contribution in [1.29, 1.82) is 0 Å². The zero-order chi connectivity index (χ0) is 19.1. The second-order valence-electron chi connectivity index (χ2n) is 6.03. The first-order valence-electron chi connectivity index (χ1n) is 8.09. The Hall–Kier alpha value is -2.25. The largest absolute Gasteiger partial charge is 0.353 e. The molecule has 0 fully saturated rings. The Morgan fingerprint density at radius 1 is 1.12 bits per heavy atom. The number of carbonyl (C=O) groups excluding carboxylic acids is 2. The SMILES string of the molecule is CN(C)C(CNC(=O)CNC(=O)c1cccc(Br)c1)c1cccc(F)c1. The number of amides is 2. The van der Waals surface area contributed by atoms with Crippen molar-refractivity contribution in [3.8, 4) is 0 Å². The fraction of sp³-hybridized carbons (Fsp3) is 0.263. The molecule has 1 atom stereocenters. The van der Waals surface area contributed by atoms with Crippen LogP contribution in [-0.4, -0.2) is 43.9 Å². The molecule has 0 saturated heterocycles. The fourth-order valence-electron chi connectivity index (χ4n) is 2.48. The van der Waals surface area contributed by atoms with Crippen molar-refractivity contribution in [2.75, 3.05) is 27.2 Å². The van der Waals surface area contributed by atoms with Crippen molar-refractivity contribution in [2.45, 2.75) is 6.04 Å². The van der Waals surface area contributed by atoms with Gasteiger partial charge in [-0.05, 0) is 50.0 Å². The Labute approximate surface area is 160 Å². The third kappa shape index (κ3) is 5.93. The highest BCUT2D eigenvalue weighted by Crippen LogP contribution is 2.18. The van der Waals surface area contributed by atoms with Crippen LogP contribution in [-0.2, 0) is 4.79 Å². The van der Waals surface area contributed by atoms with Crippen LogP contribution < -0.4 is 10.6 Å². The van der Waals surface area contributed by atoms with E-state index in [4.69, 9.17) is 0 Å². The van der Waals surface area contributed by atoms with Gasteiger partial charge in [0.15, 0.2) is 0 Å². The minimum Gasteiger partial charge on any atom is -0.353 e. The molecule has 0 spiro atoms. The number of likely N-dealkylation sites (N-methyl/N-ethyl adjacent to an activating group) is 1. The number of halogens is 2. The average Bonchev–Trinajstić information content (AvgIpc) is 2.59. The van der Waals surface area contributed by atoms with E-state index in [1.807, 2.05) is 31.1 Å². The van der Waals surface area contributed by atoms with Gasteiger partial charge in [-0.1, -0.05) is 34.1 Å². The first kappa shape index (κ1) is 20.1. The summed E-state index contributed by atoms with van der Waals surface area (Å²) in [4.78, 5) is 26.0. The summed E-state index contributed by atoms with van der Waals surface area (Å²) in [6.45, 7) is 0.177. The molecule has 2 amide bonds. The van der Waals surface area contributed by atoms with Gasteiger partial charge in [0.2, 0.25) is 5.91 Å². The van der Waals surface area contributed by atoms with Gasteiger partial charge >= 0.3 is 0 Å². The first-order chi connectivity index (χ1) is 12.4. The first-order valence-corrected chi connectivity index (χ1v) is 8.88. The van der Waals surface area contributed by atoms with E-state index in [-0.39, 0.29) is 30.2 Å². The summed E-state index contributed by atoms with van der Waals surface area (Å²) in [7, 11) is 3.72. The van der Waals surface area contributed by atoms with E-state index in [1.54, 1.807) is 24.3 Å². The van der Waals surface area contributed by atoms with Crippen LogP contribution in [0.5, 0.6) is 0 Å². The smallest absolute Gasteiger partial charge is 0.251 e. The number of nitrogens with one attached hydrogen (secondary N) is 2. The lowest BCUT2D eigenvalue weighted by atomic mass is 10.1. The fourth-order valence-corrected chi connectivity index (χ4v) is 2.88. The number of rotatable bonds is 7. The molecule has 26 heavy (non-hydrogen) atoms. The standard InChI is InChI=1S/C19H21BrFN3O2/c1-24(2)17(13-5-4-8-16(21)10-13)11-22-18(25)12-23-19(26)14-6-3-7-15(20)9-14/h3-10,17H,11-12H2,1-2H3,(H,22,25)(H,23,26). The van der Waals surface area contributed by atoms with E-state index in [9.17, 15) is 14.0 Å². The maximum atomic E-state index is 13.4. The third-order valence-corrected chi connectivity index (χ3v) is 4.34. The van der Waals surface area contributed by atoms with E-state index in [1.165, 1.54) is 12.1 Å². The van der Waals surface area contributed by atoms with E-state index < -0.39 is 0 Å². The monoisotopic (exact) mass is 421 g/mol. The molecule has 0 bridgehead atoms. The minimum atomic E-state index is -0.323. The predicted octanol–water partition coefficient (Wildman–Crippen LogP) is 2.74. The highest BCUT2D eigenvalue weighted by atomic mass is 79.9.